The first kappa shape index (κ1) is 14.6. The number of rotatable bonds is 4. The lowest BCUT2D eigenvalue weighted by Gasteiger charge is -2.33. The second-order valence-corrected chi connectivity index (χ2v) is 7.45. The first-order valence-electron chi connectivity index (χ1n) is 7.52. The van der Waals surface area contributed by atoms with Crippen LogP contribution in [-0.4, -0.2) is 45.3 Å². The molecule has 5 heteroatoms. The zero-order valence-electron chi connectivity index (χ0n) is 12.5. The van der Waals surface area contributed by atoms with E-state index in [0.717, 1.165) is 43.9 Å². The number of benzene rings is 1. The van der Waals surface area contributed by atoms with Gasteiger partial charge >= 0.3 is 0 Å². The number of fused-ring (bicyclic) bond motifs is 1. The Morgan fingerprint density at radius 3 is 2.76 bits per heavy atom. The Bertz CT molecular complexity index is 644. The van der Waals surface area contributed by atoms with Gasteiger partial charge in [0.05, 0.1) is 0 Å². The van der Waals surface area contributed by atoms with Gasteiger partial charge in [0, 0.05) is 71.3 Å². The van der Waals surface area contributed by atoms with Gasteiger partial charge in [-0.25, -0.2) is 0 Å². The van der Waals surface area contributed by atoms with Crippen LogP contribution in [0.4, 0.5) is 5.69 Å². The lowest BCUT2D eigenvalue weighted by atomic mass is 10.0. The van der Waals surface area contributed by atoms with Crippen molar-refractivity contribution in [3.05, 3.63) is 30.5 Å². The van der Waals surface area contributed by atoms with E-state index in [1.807, 2.05) is 12.1 Å². The normalized spacial score (nSPS) is 19.1. The van der Waals surface area contributed by atoms with E-state index >= 15 is 0 Å². The molecular formula is C16H23N3OS. The molecule has 3 rings (SSSR count). The summed E-state index contributed by atoms with van der Waals surface area (Å²) in [4.78, 5) is 2.43. The molecule has 0 aliphatic carbocycles. The molecule has 1 unspecified atom stereocenters. The number of hydrogen-bond donors (Lipinski definition) is 1. The van der Waals surface area contributed by atoms with Crippen LogP contribution < -0.4 is 5.73 Å². The largest absolute Gasteiger partial charge is 0.399 e. The maximum Gasteiger partial charge on any atom is 0.0484 e. The lowest BCUT2D eigenvalue weighted by Crippen LogP contribution is -2.36. The minimum absolute atomic E-state index is 0.564. The molecule has 0 radical (unpaired) electrons. The molecule has 1 aliphatic rings. The highest BCUT2D eigenvalue weighted by Gasteiger charge is 2.21. The summed E-state index contributed by atoms with van der Waals surface area (Å²) in [6.07, 6.45) is 6.28. The summed E-state index contributed by atoms with van der Waals surface area (Å²) >= 11 is 0. The predicted molar refractivity (Wildman–Crippen MR) is 90.0 cm³/mol. The minimum Gasteiger partial charge on any atom is -0.399 e. The Kier molecular flexibility index (Phi) is 4.31. The fourth-order valence-corrected chi connectivity index (χ4v) is 3.70. The molecule has 2 N–H and O–H groups in total. The Labute approximate surface area is 128 Å². The SMILES string of the molecule is CS(=O)CCN1CCC(n2ccc3cc(N)ccc32)CC1. The molecule has 0 bridgehead atoms. The van der Waals surface area contributed by atoms with E-state index in [4.69, 9.17) is 5.73 Å². The van der Waals surface area contributed by atoms with Gasteiger partial charge in [0.15, 0.2) is 0 Å². The van der Waals surface area contributed by atoms with E-state index in [0.29, 0.717) is 6.04 Å². The maximum atomic E-state index is 11.2. The van der Waals surface area contributed by atoms with E-state index in [9.17, 15) is 4.21 Å². The molecular weight excluding hydrogens is 282 g/mol. The third-order valence-electron chi connectivity index (χ3n) is 4.39. The summed E-state index contributed by atoms with van der Waals surface area (Å²) in [5, 5.41) is 1.22. The van der Waals surface area contributed by atoms with Crippen molar-refractivity contribution in [2.75, 3.05) is 37.4 Å². The quantitative estimate of drug-likeness (QED) is 0.881. The van der Waals surface area contributed by atoms with E-state index < -0.39 is 10.8 Å². The molecule has 1 fully saturated rings. The van der Waals surface area contributed by atoms with Gasteiger partial charge in [0.2, 0.25) is 0 Å². The molecule has 1 saturated heterocycles. The Hall–Kier alpha value is -1.33. The van der Waals surface area contributed by atoms with Gasteiger partial charge in [-0.1, -0.05) is 0 Å². The number of nitrogen functional groups attached to an aromatic ring is 1. The zero-order chi connectivity index (χ0) is 14.8. The van der Waals surface area contributed by atoms with Gasteiger partial charge in [0.1, 0.15) is 0 Å². The van der Waals surface area contributed by atoms with Crippen molar-refractivity contribution >= 4 is 27.4 Å². The molecule has 2 heterocycles. The van der Waals surface area contributed by atoms with Gasteiger partial charge in [-0.2, -0.15) is 0 Å². The smallest absolute Gasteiger partial charge is 0.0484 e. The van der Waals surface area contributed by atoms with Crippen LogP contribution in [0.15, 0.2) is 30.5 Å². The number of nitrogens with two attached hydrogens (primary N) is 1. The van der Waals surface area contributed by atoms with Crippen LogP contribution in [0, 0.1) is 0 Å². The zero-order valence-corrected chi connectivity index (χ0v) is 13.3. The molecule has 0 spiro atoms. The minimum atomic E-state index is -0.685. The van der Waals surface area contributed by atoms with Crippen LogP contribution in [0.2, 0.25) is 0 Å². The Morgan fingerprint density at radius 2 is 2.05 bits per heavy atom. The monoisotopic (exact) mass is 305 g/mol. The third kappa shape index (κ3) is 3.30. The highest BCUT2D eigenvalue weighted by Crippen LogP contribution is 2.28. The van der Waals surface area contributed by atoms with E-state index in [2.05, 4.69) is 27.8 Å². The molecule has 1 aliphatic heterocycles. The second-order valence-electron chi connectivity index (χ2n) is 5.89. The van der Waals surface area contributed by atoms with Crippen molar-refractivity contribution in [2.45, 2.75) is 18.9 Å². The van der Waals surface area contributed by atoms with Crippen LogP contribution in [0.1, 0.15) is 18.9 Å². The fourth-order valence-electron chi connectivity index (χ4n) is 3.18. The Morgan fingerprint density at radius 1 is 1.29 bits per heavy atom. The van der Waals surface area contributed by atoms with Crippen LogP contribution in [0.3, 0.4) is 0 Å². The second kappa shape index (κ2) is 6.20. The predicted octanol–water partition coefficient (Wildman–Crippen LogP) is 2.24. The van der Waals surface area contributed by atoms with Crippen LogP contribution in [-0.2, 0) is 10.8 Å². The molecule has 2 aromatic rings. The third-order valence-corrected chi connectivity index (χ3v) is 5.15. The number of anilines is 1. The standard InChI is InChI=1S/C16H23N3OS/c1-21(20)11-10-18-7-5-15(6-8-18)19-9-4-13-12-14(17)2-3-16(13)19/h2-4,9,12,15H,5-8,10-11,17H2,1H3. The summed E-state index contributed by atoms with van der Waals surface area (Å²) in [6, 6.07) is 8.85. The molecule has 114 valence electrons. The fraction of sp³-hybridized carbons (Fsp3) is 0.500. The number of piperidine rings is 1. The molecule has 0 saturated carbocycles. The van der Waals surface area contributed by atoms with Gasteiger partial charge < -0.3 is 15.2 Å². The molecule has 1 atom stereocenters. The average Bonchev–Trinajstić information content (AvgIpc) is 2.88. The van der Waals surface area contributed by atoms with Gasteiger partial charge in [-0.15, -0.1) is 0 Å². The summed E-state index contributed by atoms with van der Waals surface area (Å²) in [7, 11) is -0.685. The van der Waals surface area contributed by atoms with E-state index in [-0.39, 0.29) is 0 Å². The van der Waals surface area contributed by atoms with Crippen LogP contribution >= 0.6 is 0 Å². The molecule has 1 aromatic carbocycles. The summed E-state index contributed by atoms with van der Waals surface area (Å²) in [6.45, 7) is 3.14. The van der Waals surface area contributed by atoms with Crippen molar-refractivity contribution < 1.29 is 4.21 Å². The highest BCUT2D eigenvalue weighted by molar-refractivity contribution is 7.84. The van der Waals surface area contributed by atoms with Gasteiger partial charge in [-0.05, 0) is 37.1 Å². The first-order chi connectivity index (χ1) is 10.1. The van der Waals surface area contributed by atoms with Crippen molar-refractivity contribution in [1.29, 1.82) is 0 Å². The average molecular weight is 305 g/mol. The van der Waals surface area contributed by atoms with Gasteiger partial charge in [-0.3, -0.25) is 4.21 Å². The van der Waals surface area contributed by atoms with Crippen LogP contribution in [0.25, 0.3) is 10.9 Å². The van der Waals surface area contributed by atoms with Crippen molar-refractivity contribution in [3.63, 3.8) is 0 Å². The summed E-state index contributed by atoms with van der Waals surface area (Å²) < 4.78 is 13.6. The summed E-state index contributed by atoms with van der Waals surface area (Å²) in [5.41, 5.74) is 7.94. The van der Waals surface area contributed by atoms with Crippen LogP contribution in [0.5, 0.6) is 0 Å². The van der Waals surface area contributed by atoms with Crippen molar-refractivity contribution in [3.8, 4) is 0 Å². The highest BCUT2D eigenvalue weighted by atomic mass is 32.2. The van der Waals surface area contributed by atoms with Crippen molar-refractivity contribution in [2.24, 2.45) is 0 Å². The molecule has 0 amide bonds. The first-order valence-corrected chi connectivity index (χ1v) is 9.24. The summed E-state index contributed by atoms with van der Waals surface area (Å²) in [5.74, 6) is 0.788. The molecule has 21 heavy (non-hydrogen) atoms. The number of aromatic nitrogens is 1. The molecule has 1 aromatic heterocycles. The number of likely N-dealkylation sites (tertiary alicyclic amines) is 1. The van der Waals surface area contributed by atoms with Gasteiger partial charge in [0.25, 0.3) is 0 Å². The Balaban J connectivity index is 1.67. The maximum absolute atomic E-state index is 11.2. The number of nitrogens with zero attached hydrogens (tertiary/aromatic N) is 2. The lowest BCUT2D eigenvalue weighted by molar-refractivity contribution is 0.198. The van der Waals surface area contributed by atoms with E-state index in [1.165, 1.54) is 10.9 Å². The molecule has 4 nitrogen and oxygen atoms in total. The van der Waals surface area contributed by atoms with E-state index in [1.54, 1.807) is 6.26 Å². The number of hydrogen-bond acceptors (Lipinski definition) is 3. The topological polar surface area (TPSA) is 51.3 Å². The van der Waals surface area contributed by atoms with Crippen molar-refractivity contribution in [1.82, 2.24) is 9.47 Å².